The minimum absolute atomic E-state index is 0.0124. The lowest BCUT2D eigenvalue weighted by molar-refractivity contribution is -0.148. The van der Waals surface area contributed by atoms with Gasteiger partial charge < -0.3 is 5.11 Å². The van der Waals surface area contributed by atoms with Crippen molar-refractivity contribution in [2.45, 2.75) is 12.0 Å². The zero-order valence-corrected chi connectivity index (χ0v) is 11.6. The molecule has 5 nitrogen and oxygen atoms in total. The number of hydrogen-bond acceptors (Lipinski definition) is 3. The summed E-state index contributed by atoms with van der Waals surface area (Å²) >= 11 is 0. The summed E-state index contributed by atoms with van der Waals surface area (Å²) in [5.74, 6) is -5.69. The molecule has 0 fully saturated rings. The Kier molecular flexibility index (Phi) is 3.57. The van der Waals surface area contributed by atoms with Crippen molar-refractivity contribution in [3.63, 3.8) is 0 Å². The van der Waals surface area contributed by atoms with E-state index < -0.39 is 35.5 Å². The van der Waals surface area contributed by atoms with Crippen LogP contribution in [-0.4, -0.2) is 27.3 Å². The average Bonchev–Trinajstić information content (AvgIpc) is 2.53. The molecule has 1 aliphatic rings. The molecule has 3 rings (SSSR count). The molecule has 0 unspecified atom stereocenters. The Morgan fingerprint density at radius 1 is 1.09 bits per heavy atom. The third-order valence-corrected chi connectivity index (χ3v) is 3.86. The number of fused-ring (bicyclic) bond motifs is 1. The standard InChI is InChI=1S/C16H11F2NO4/c17-11-6-5-8(7-12(11)18)14-13(16(21)22)9-3-1-2-4-10(9)15(20)19(14)23/h1-7,13-14,23H,(H,21,22)/t13-,14+/m0/s1. The Labute approximate surface area is 129 Å². The second-order valence-electron chi connectivity index (χ2n) is 5.17. The molecular formula is C16H11F2NO4. The van der Waals surface area contributed by atoms with Gasteiger partial charge >= 0.3 is 5.97 Å². The third-order valence-electron chi connectivity index (χ3n) is 3.86. The van der Waals surface area contributed by atoms with Crippen LogP contribution < -0.4 is 0 Å². The van der Waals surface area contributed by atoms with Gasteiger partial charge in [-0.1, -0.05) is 24.3 Å². The first-order valence-electron chi connectivity index (χ1n) is 6.71. The van der Waals surface area contributed by atoms with Crippen LogP contribution in [0.4, 0.5) is 8.78 Å². The SMILES string of the molecule is O=C(O)[C@H]1c2ccccc2C(=O)N(O)[C@@H]1c1ccc(F)c(F)c1. The van der Waals surface area contributed by atoms with Gasteiger partial charge in [-0.05, 0) is 29.3 Å². The molecule has 0 saturated carbocycles. The summed E-state index contributed by atoms with van der Waals surface area (Å²) in [5.41, 5.74) is 0.257. The first-order chi connectivity index (χ1) is 10.9. The van der Waals surface area contributed by atoms with Crippen LogP contribution in [-0.2, 0) is 4.79 Å². The highest BCUT2D eigenvalue weighted by Crippen LogP contribution is 2.42. The fourth-order valence-corrected chi connectivity index (χ4v) is 2.82. The lowest BCUT2D eigenvalue weighted by Gasteiger charge is -2.36. The normalized spacial score (nSPS) is 20.3. The molecule has 118 valence electrons. The van der Waals surface area contributed by atoms with Gasteiger partial charge in [-0.15, -0.1) is 0 Å². The quantitative estimate of drug-likeness (QED) is 0.834. The molecule has 0 aromatic heterocycles. The lowest BCUT2D eigenvalue weighted by atomic mass is 9.81. The van der Waals surface area contributed by atoms with Crippen molar-refractivity contribution >= 4 is 11.9 Å². The summed E-state index contributed by atoms with van der Waals surface area (Å²) in [7, 11) is 0. The molecule has 1 heterocycles. The molecule has 2 N–H and O–H groups in total. The summed E-state index contributed by atoms with van der Waals surface area (Å²) in [4.78, 5) is 23.9. The molecule has 23 heavy (non-hydrogen) atoms. The van der Waals surface area contributed by atoms with E-state index in [-0.39, 0.29) is 21.8 Å². The minimum atomic E-state index is -1.36. The largest absolute Gasteiger partial charge is 0.481 e. The van der Waals surface area contributed by atoms with Crippen molar-refractivity contribution in [3.05, 3.63) is 70.8 Å². The number of halogens is 2. The fraction of sp³-hybridized carbons (Fsp3) is 0.125. The maximum absolute atomic E-state index is 13.5. The van der Waals surface area contributed by atoms with E-state index in [4.69, 9.17) is 0 Å². The van der Waals surface area contributed by atoms with Crippen LogP contribution in [0.15, 0.2) is 42.5 Å². The highest BCUT2D eigenvalue weighted by Gasteiger charge is 2.44. The van der Waals surface area contributed by atoms with Crippen LogP contribution in [0.5, 0.6) is 0 Å². The zero-order chi connectivity index (χ0) is 16.7. The van der Waals surface area contributed by atoms with Crippen LogP contribution in [0.3, 0.4) is 0 Å². The van der Waals surface area contributed by atoms with Gasteiger partial charge in [0.05, 0.1) is 0 Å². The number of carbonyl (C=O) groups excluding carboxylic acids is 1. The van der Waals surface area contributed by atoms with E-state index in [1.807, 2.05) is 0 Å². The van der Waals surface area contributed by atoms with Gasteiger partial charge in [0.2, 0.25) is 0 Å². The topological polar surface area (TPSA) is 77.8 Å². The summed E-state index contributed by atoms with van der Waals surface area (Å²) in [6, 6.07) is 7.36. The van der Waals surface area contributed by atoms with E-state index in [1.54, 1.807) is 12.1 Å². The number of carbonyl (C=O) groups is 2. The smallest absolute Gasteiger partial charge is 0.313 e. The van der Waals surface area contributed by atoms with Crippen molar-refractivity contribution in [2.75, 3.05) is 0 Å². The second-order valence-corrected chi connectivity index (χ2v) is 5.17. The highest BCUT2D eigenvalue weighted by atomic mass is 19.2. The Bertz CT molecular complexity index is 808. The molecule has 0 bridgehead atoms. The third kappa shape index (κ3) is 2.35. The number of hydroxylamine groups is 2. The molecule has 2 aromatic carbocycles. The number of benzene rings is 2. The van der Waals surface area contributed by atoms with Gasteiger partial charge in [-0.25, -0.2) is 13.8 Å². The molecule has 2 atom stereocenters. The van der Waals surface area contributed by atoms with E-state index in [1.165, 1.54) is 12.1 Å². The van der Waals surface area contributed by atoms with Crippen molar-refractivity contribution in [3.8, 4) is 0 Å². The lowest BCUT2D eigenvalue weighted by Crippen LogP contribution is -2.43. The number of carboxylic acid groups (broad SMARTS) is 1. The molecule has 0 spiro atoms. The predicted octanol–water partition coefficient (Wildman–Crippen LogP) is 2.72. The number of nitrogens with zero attached hydrogens (tertiary/aromatic N) is 1. The number of hydrogen-bond donors (Lipinski definition) is 2. The Morgan fingerprint density at radius 2 is 1.78 bits per heavy atom. The number of amides is 1. The van der Waals surface area contributed by atoms with E-state index in [9.17, 15) is 28.7 Å². The highest BCUT2D eigenvalue weighted by molar-refractivity contribution is 5.99. The van der Waals surface area contributed by atoms with Crippen molar-refractivity contribution in [1.82, 2.24) is 5.06 Å². The van der Waals surface area contributed by atoms with Crippen LogP contribution in [0.1, 0.15) is 33.4 Å². The predicted molar refractivity (Wildman–Crippen MR) is 73.9 cm³/mol. The van der Waals surface area contributed by atoms with Crippen LogP contribution in [0, 0.1) is 11.6 Å². The van der Waals surface area contributed by atoms with Crippen molar-refractivity contribution < 1.29 is 28.7 Å². The summed E-state index contributed by atoms with van der Waals surface area (Å²) < 4.78 is 26.6. The minimum Gasteiger partial charge on any atom is -0.481 e. The molecule has 0 saturated heterocycles. The van der Waals surface area contributed by atoms with Crippen LogP contribution in [0.2, 0.25) is 0 Å². The van der Waals surface area contributed by atoms with E-state index in [0.29, 0.717) is 0 Å². The van der Waals surface area contributed by atoms with Gasteiger partial charge in [0, 0.05) is 5.56 Å². The van der Waals surface area contributed by atoms with Gasteiger partial charge in [-0.2, -0.15) is 0 Å². The second kappa shape index (κ2) is 5.44. The molecule has 7 heteroatoms. The molecule has 0 aliphatic carbocycles. The zero-order valence-electron chi connectivity index (χ0n) is 11.6. The molecule has 0 radical (unpaired) electrons. The summed E-state index contributed by atoms with van der Waals surface area (Å²) in [6.07, 6.45) is 0. The van der Waals surface area contributed by atoms with Gasteiger partial charge in [0.25, 0.3) is 5.91 Å². The molecular weight excluding hydrogens is 308 g/mol. The molecule has 2 aromatic rings. The van der Waals surface area contributed by atoms with Gasteiger partial charge in [-0.3, -0.25) is 14.8 Å². The van der Waals surface area contributed by atoms with Crippen LogP contribution >= 0.6 is 0 Å². The monoisotopic (exact) mass is 319 g/mol. The Morgan fingerprint density at radius 3 is 2.43 bits per heavy atom. The van der Waals surface area contributed by atoms with E-state index in [2.05, 4.69) is 0 Å². The van der Waals surface area contributed by atoms with E-state index in [0.717, 1.165) is 18.2 Å². The van der Waals surface area contributed by atoms with Crippen molar-refractivity contribution in [1.29, 1.82) is 0 Å². The maximum Gasteiger partial charge on any atom is 0.313 e. The average molecular weight is 319 g/mol. The maximum atomic E-state index is 13.5. The summed E-state index contributed by atoms with van der Waals surface area (Å²) in [5, 5.41) is 19.9. The number of aliphatic carboxylic acids is 1. The number of carboxylic acids is 1. The molecule has 1 amide bonds. The summed E-state index contributed by atoms with van der Waals surface area (Å²) in [6.45, 7) is 0. The Hall–Kier alpha value is -2.80. The van der Waals surface area contributed by atoms with Gasteiger partial charge in [0.1, 0.15) is 12.0 Å². The Balaban J connectivity index is 2.20. The van der Waals surface area contributed by atoms with Crippen LogP contribution in [0.25, 0.3) is 0 Å². The number of rotatable bonds is 2. The van der Waals surface area contributed by atoms with E-state index >= 15 is 0 Å². The fourth-order valence-electron chi connectivity index (χ4n) is 2.82. The van der Waals surface area contributed by atoms with Gasteiger partial charge in [0.15, 0.2) is 11.6 Å². The molecule has 1 aliphatic heterocycles. The first kappa shape index (κ1) is 15.1. The first-order valence-corrected chi connectivity index (χ1v) is 6.71. The van der Waals surface area contributed by atoms with Crippen molar-refractivity contribution in [2.24, 2.45) is 0 Å².